The molecule has 0 aliphatic carbocycles. The Kier molecular flexibility index (Phi) is 4.86. The average molecular weight is 467 g/mol. The van der Waals surface area contributed by atoms with Gasteiger partial charge in [-0.15, -0.1) is 15.7 Å². The van der Waals surface area contributed by atoms with E-state index in [0.29, 0.717) is 21.6 Å². The van der Waals surface area contributed by atoms with Crippen molar-refractivity contribution in [3.63, 3.8) is 0 Å². The number of hydrogen-bond donors (Lipinski definition) is 4. The second-order valence-electron chi connectivity index (χ2n) is 7.11. The molecule has 8 nitrogen and oxygen atoms in total. The molecule has 32 heavy (non-hydrogen) atoms. The molecule has 0 radical (unpaired) electrons. The highest BCUT2D eigenvalue weighted by Crippen LogP contribution is 2.55. The van der Waals surface area contributed by atoms with Gasteiger partial charge in [-0.25, -0.2) is 0 Å². The summed E-state index contributed by atoms with van der Waals surface area (Å²) >= 11 is 1.24. The number of nitrogens with zero attached hydrogens (tertiary/aromatic N) is 3. The fourth-order valence-electron chi connectivity index (χ4n) is 3.52. The van der Waals surface area contributed by atoms with Crippen LogP contribution in [0.25, 0.3) is 10.2 Å². The third kappa shape index (κ3) is 3.30. The molecule has 0 saturated carbocycles. The molecule has 0 bridgehead atoms. The van der Waals surface area contributed by atoms with Crippen molar-refractivity contribution in [1.82, 2.24) is 4.68 Å². The molecule has 0 amide bonds. The van der Waals surface area contributed by atoms with Gasteiger partial charge in [0.1, 0.15) is 10.5 Å². The molecule has 2 aromatic carbocycles. The van der Waals surface area contributed by atoms with Crippen LogP contribution in [-0.2, 0) is 0 Å². The molecule has 4 N–H and O–H groups in total. The first-order valence-corrected chi connectivity index (χ1v) is 12.0. The number of para-hydroxylation sites is 1. The second kappa shape index (κ2) is 7.61. The highest BCUT2D eigenvalue weighted by molar-refractivity contribution is 8.23. The molecule has 3 heterocycles. The van der Waals surface area contributed by atoms with Crippen molar-refractivity contribution in [2.24, 2.45) is 9.50 Å². The van der Waals surface area contributed by atoms with E-state index in [1.165, 1.54) is 16.0 Å². The average Bonchev–Trinajstić information content (AvgIpc) is 3.27. The number of aromatic nitrogens is 1. The molecule has 4 aromatic rings. The Balaban J connectivity index is 1.74. The topological polar surface area (TPSA) is 119 Å². The van der Waals surface area contributed by atoms with Crippen LogP contribution < -0.4 is 10.9 Å². The third-order valence-corrected chi connectivity index (χ3v) is 7.36. The van der Waals surface area contributed by atoms with Crippen molar-refractivity contribution < 1.29 is 14.2 Å². The van der Waals surface area contributed by atoms with E-state index in [2.05, 4.69) is 14.8 Å². The lowest BCUT2D eigenvalue weighted by molar-refractivity contribution is 0.479. The summed E-state index contributed by atoms with van der Waals surface area (Å²) in [5.41, 5.74) is 1.47. The largest absolute Gasteiger partial charge is 0.505 e. The molecule has 5 rings (SSSR count). The lowest BCUT2D eigenvalue weighted by Gasteiger charge is -2.34. The van der Waals surface area contributed by atoms with Crippen molar-refractivity contribution in [2.75, 3.05) is 5.32 Å². The van der Waals surface area contributed by atoms with E-state index in [9.17, 15) is 19.0 Å². The number of benzene rings is 2. The van der Waals surface area contributed by atoms with Crippen LogP contribution in [0.1, 0.15) is 18.1 Å². The van der Waals surface area contributed by atoms with Crippen LogP contribution in [0.15, 0.2) is 85.2 Å². The van der Waals surface area contributed by atoms with Gasteiger partial charge in [-0.3, -0.25) is 13.9 Å². The summed E-state index contributed by atoms with van der Waals surface area (Å²) in [6.45, 7) is 1.79. The fourth-order valence-corrected chi connectivity index (χ4v) is 5.51. The van der Waals surface area contributed by atoms with E-state index < -0.39 is 16.3 Å². The number of nitrogens with one attached hydrogen (secondary N) is 1. The van der Waals surface area contributed by atoms with Gasteiger partial charge >= 0.3 is 0 Å². The minimum atomic E-state index is -3.56. The molecular formula is C22H18N4O4S2. The third-order valence-electron chi connectivity index (χ3n) is 5.06. The van der Waals surface area contributed by atoms with Gasteiger partial charge in [0.2, 0.25) is 0 Å². The van der Waals surface area contributed by atoms with E-state index >= 15 is 0 Å². The lowest BCUT2D eigenvalue weighted by atomic mass is 10.1. The van der Waals surface area contributed by atoms with E-state index in [1.54, 1.807) is 42.6 Å². The number of thiophene rings is 1. The van der Waals surface area contributed by atoms with Gasteiger partial charge < -0.3 is 10.4 Å². The number of fused-ring (bicyclic) bond motifs is 2. The van der Waals surface area contributed by atoms with Crippen molar-refractivity contribution in [3.8, 4) is 5.75 Å². The standard InChI is InChI=1S/C22H18N4O4S2/c1-13(14-7-3-2-4-8-14)24-26-16-11-12-31-20(16)19(27)18(22(26)28)21-23-15-9-5-6-10-17(15)32(29,30)25-21/h2-12,27,29-30H,1H3,(H,23,25). The molecule has 10 heteroatoms. The molecule has 0 fully saturated rings. The lowest BCUT2D eigenvalue weighted by Crippen LogP contribution is -2.31. The van der Waals surface area contributed by atoms with E-state index in [-0.39, 0.29) is 22.0 Å². The minimum Gasteiger partial charge on any atom is -0.505 e. The van der Waals surface area contributed by atoms with Gasteiger partial charge in [-0.1, -0.05) is 53.2 Å². The van der Waals surface area contributed by atoms with Crippen molar-refractivity contribution >= 4 is 49.6 Å². The number of hydrogen-bond acceptors (Lipinski definition) is 8. The highest BCUT2D eigenvalue weighted by Gasteiger charge is 2.30. The summed E-state index contributed by atoms with van der Waals surface area (Å²) in [7, 11) is -3.56. The van der Waals surface area contributed by atoms with E-state index in [1.807, 2.05) is 30.3 Å². The zero-order valence-corrected chi connectivity index (χ0v) is 18.4. The Morgan fingerprint density at radius 2 is 1.81 bits per heavy atom. The Morgan fingerprint density at radius 3 is 2.59 bits per heavy atom. The van der Waals surface area contributed by atoms with Crippen LogP contribution in [0, 0.1) is 0 Å². The molecule has 0 atom stereocenters. The van der Waals surface area contributed by atoms with Crippen molar-refractivity contribution in [3.05, 3.63) is 87.5 Å². The number of aromatic hydroxyl groups is 1. The number of pyridine rings is 1. The van der Waals surface area contributed by atoms with Crippen LogP contribution in [-0.4, -0.2) is 30.4 Å². The quantitative estimate of drug-likeness (QED) is 0.319. The van der Waals surface area contributed by atoms with Crippen LogP contribution in [0.3, 0.4) is 0 Å². The summed E-state index contributed by atoms with van der Waals surface area (Å²) in [5.74, 6) is -0.410. The first kappa shape index (κ1) is 20.5. The summed E-state index contributed by atoms with van der Waals surface area (Å²) in [6, 6.07) is 17.7. The van der Waals surface area contributed by atoms with Gasteiger partial charge in [0.15, 0.2) is 11.6 Å². The molecule has 1 aliphatic rings. The Hall–Kier alpha value is -3.44. The van der Waals surface area contributed by atoms with Gasteiger partial charge in [-0.05, 0) is 36.1 Å². The van der Waals surface area contributed by atoms with Gasteiger partial charge in [-0.2, -0.15) is 9.78 Å². The monoisotopic (exact) mass is 466 g/mol. The Morgan fingerprint density at radius 1 is 1.09 bits per heavy atom. The number of anilines is 1. The smallest absolute Gasteiger partial charge is 0.286 e. The minimum absolute atomic E-state index is 0.122. The predicted molar refractivity (Wildman–Crippen MR) is 130 cm³/mol. The molecule has 0 spiro atoms. The highest BCUT2D eigenvalue weighted by atomic mass is 32.3. The Labute approximate surface area is 188 Å². The van der Waals surface area contributed by atoms with Crippen LogP contribution in [0.2, 0.25) is 0 Å². The normalized spacial score (nSPS) is 16.2. The van der Waals surface area contributed by atoms with Crippen LogP contribution >= 0.6 is 22.1 Å². The molecular weight excluding hydrogens is 448 g/mol. The SMILES string of the molecule is CC(=Nn1c(=O)c(C2=NS(O)(O)c3ccccc3N2)c(O)c2sccc21)c1ccccc1. The van der Waals surface area contributed by atoms with Crippen LogP contribution in [0.5, 0.6) is 5.75 Å². The van der Waals surface area contributed by atoms with E-state index in [4.69, 9.17) is 0 Å². The molecule has 162 valence electrons. The van der Waals surface area contributed by atoms with Gasteiger partial charge in [0.25, 0.3) is 5.56 Å². The molecule has 0 unspecified atom stereocenters. The Bertz CT molecular complexity index is 1470. The van der Waals surface area contributed by atoms with Gasteiger partial charge in [0.05, 0.1) is 21.6 Å². The summed E-state index contributed by atoms with van der Waals surface area (Å²) in [6.07, 6.45) is 0. The molecule has 2 aromatic heterocycles. The predicted octanol–water partition coefficient (Wildman–Crippen LogP) is 4.94. The summed E-state index contributed by atoms with van der Waals surface area (Å²) < 4.78 is 26.8. The first-order valence-electron chi connectivity index (χ1n) is 9.57. The maximum atomic E-state index is 13.5. The first-order chi connectivity index (χ1) is 15.4. The van der Waals surface area contributed by atoms with Crippen molar-refractivity contribution in [1.29, 1.82) is 0 Å². The fraction of sp³-hybridized carbons (Fsp3) is 0.0455. The summed E-state index contributed by atoms with van der Waals surface area (Å²) in [4.78, 5) is 13.7. The van der Waals surface area contributed by atoms with Crippen molar-refractivity contribution in [2.45, 2.75) is 11.8 Å². The second-order valence-corrected chi connectivity index (χ2v) is 9.68. The van der Waals surface area contributed by atoms with Gasteiger partial charge in [0, 0.05) is 0 Å². The number of rotatable bonds is 3. The molecule has 1 aliphatic heterocycles. The molecule has 0 saturated heterocycles. The van der Waals surface area contributed by atoms with Crippen LogP contribution in [0.4, 0.5) is 5.69 Å². The maximum Gasteiger partial charge on any atom is 0.286 e. The number of amidine groups is 1. The summed E-state index contributed by atoms with van der Waals surface area (Å²) in [5, 5.41) is 20.2. The van der Waals surface area contributed by atoms with E-state index in [0.717, 1.165) is 5.56 Å². The zero-order chi connectivity index (χ0) is 22.5. The maximum absolute atomic E-state index is 13.5. The zero-order valence-electron chi connectivity index (χ0n) is 16.8.